The molecule has 1 unspecified atom stereocenters. The number of esters is 1. The van der Waals surface area contributed by atoms with Crippen molar-refractivity contribution in [2.75, 3.05) is 0 Å². The van der Waals surface area contributed by atoms with Crippen LogP contribution in [-0.2, 0) is 4.74 Å². The zero-order valence-electron chi connectivity index (χ0n) is 13.7. The van der Waals surface area contributed by atoms with Gasteiger partial charge in [0.1, 0.15) is 6.10 Å². The molecule has 1 aromatic carbocycles. The van der Waals surface area contributed by atoms with E-state index >= 15 is 0 Å². The lowest BCUT2D eigenvalue weighted by Crippen LogP contribution is -2.27. The zero-order valence-corrected chi connectivity index (χ0v) is 13.7. The lowest BCUT2D eigenvalue weighted by molar-refractivity contribution is 0.00869. The van der Waals surface area contributed by atoms with E-state index in [0.717, 1.165) is 32.1 Å². The molecule has 1 rings (SSSR count). The SMILES string of the molecule is CCCCC(OC(=O)c1ccccc1C(=O)O)C(CC)CC. The normalized spacial score (nSPS) is 12.2. The Hall–Kier alpha value is -1.84. The maximum Gasteiger partial charge on any atom is 0.339 e. The number of hydrogen-bond acceptors (Lipinski definition) is 3. The summed E-state index contributed by atoms with van der Waals surface area (Å²) in [5.74, 6) is -1.33. The summed E-state index contributed by atoms with van der Waals surface area (Å²) in [5, 5.41) is 9.18. The molecule has 0 spiro atoms. The topological polar surface area (TPSA) is 63.6 Å². The molecule has 1 aromatic rings. The average Bonchev–Trinajstić information content (AvgIpc) is 2.53. The molecule has 22 heavy (non-hydrogen) atoms. The van der Waals surface area contributed by atoms with E-state index in [-0.39, 0.29) is 17.2 Å². The lowest BCUT2D eigenvalue weighted by atomic mass is 9.92. The second-order valence-corrected chi connectivity index (χ2v) is 5.51. The highest BCUT2D eigenvalue weighted by Crippen LogP contribution is 2.23. The van der Waals surface area contributed by atoms with Crippen molar-refractivity contribution in [2.24, 2.45) is 5.92 Å². The Morgan fingerprint density at radius 2 is 1.68 bits per heavy atom. The van der Waals surface area contributed by atoms with Crippen LogP contribution in [0, 0.1) is 5.92 Å². The van der Waals surface area contributed by atoms with Crippen LogP contribution in [0.5, 0.6) is 0 Å². The number of carbonyl (C=O) groups excluding carboxylic acids is 1. The second kappa shape index (κ2) is 9.23. The van der Waals surface area contributed by atoms with Crippen LogP contribution in [0.3, 0.4) is 0 Å². The van der Waals surface area contributed by atoms with Crippen molar-refractivity contribution in [1.82, 2.24) is 0 Å². The molecule has 1 atom stereocenters. The van der Waals surface area contributed by atoms with Gasteiger partial charge in [-0.25, -0.2) is 9.59 Å². The number of benzene rings is 1. The van der Waals surface area contributed by atoms with Crippen LogP contribution >= 0.6 is 0 Å². The maximum atomic E-state index is 12.4. The Morgan fingerprint density at radius 1 is 1.09 bits per heavy atom. The molecule has 0 heterocycles. The lowest BCUT2D eigenvalue weighted by Gasteiger charge is -2.25. The summed E-state index contributed by atoms with van der Waals surface area (Å²) < 4.78 is 5.67. The molecule has 0 aliphatic heterocycles. The minimum atomic E-state index is -1.11. The minimum absolute atomic E-state index is 0.00807. The molecular weight excluding hydrogens is 280 g/mol. The van der Waals surface area contributed by atoms with Crippen LogP contribution < -0.4 is 0 Å². The first-order chi connectivity index (χ1) is 10.5. The fourth-order valence-electron chi connectivity index (χ4n) is 2.66. The summed E-state index contributed by atoms with van der Waals surface area (Å²) in [6.45, 7) is 6.28. The molecule has 4 nitrogen and oxygen atoms in total. The van der Waals surface area contributed by atoms with Crippen LogP contribution in [0.15, 0.2) is 24.3 Å². The molecule has 4 heteroatoms. The monoisotopic (exact) mass is 306 g/mol. The van der Waals surface area contributed by atoms with E-state index in [1.165, 1.54) is 12.1 Å². The third-order valence-electron chi connectivity index (χ3n) is 4.05. The summed E-state index contributed by atoms with van der Waals surface area (Å²) in [6, 6.07) is 6.20. The van der Waals surface area contributed by atoms with Crippen molar-refractivity contribution in [3.8, 4) is 0 Å². The molecule has 122 valence electrons. The van der Waals surface area contributed by atoms with E-state index in [0.29, 0.717) is 5.92 Å². The van der Waals surface area contributed by atoms with Gasteiger partial charge in [0, 0.05) is 0 Å². The third kappa shape index (κ3) is 4.86. The summed E-state index contributed by atoms with van der Waals surface area (Å²) in [4.78, 5) is 23.6. The van der Waals surface area contributed by atoms with Crippen molar-refractivity contribution in [3.05, 3.63) is 35.4 Å². The maximum absolute atomic E-state index is 12.4. The van der Waals surface area contributed by atoms with Crippen molar-refractivity contribution in [2.45, 2.75) is 59.0 Å². The summed E-state index contributed by atoms with van der Waals surface area (Å²) in [6.07, 6.45) is 4.60. The van der Waals surface area contributed by atoms with E-state index in [1.54, 1.807) is 12.1 Å². The highest BCUT2D eigenvalue weighted by Gasteiger charge is 2.25. The molecule has 0 aliphatic rings. The van der Waals surface area contributed by atoms with Crippen LogP contribution in [0.4, 0.5) is 0 Å². The summed E-state index contributed by atoms with van der Waals surface area (Å²) >= 11 is 0. The number of carboxylic acid groups (broad SMARTS) is 1. The van der Waals surface area contributed by atoms with Crippen molar-refractivity contribution >= 4 is 11.9 Å². The Kier molecular flexibility index (Phi) is 7.64. The molecule has 0 bridgehead atoms. The molecule has 0 aliphatic carbocycles. The highest BCUT2D eigenvalue weighted by molar-refractivity contribution is 6.02. The fraction of sp³-hybridized carbons (Fsp3) is 0.556. The zero-order chi connectivity index (χ0) is 16.5. The Bertz CT molecular complexity index is 492. The van der Waals surface area contributed by atoms with Crippen LogP contribution in [-0.4, -0.2) is 23.1 Å². The number of carbonyl (C=O) groups is 2. The number of ether oxygens (including phenoxy) is 1. The van der Waals surface area contributed by atoms with Gasteiger partial charge in [-0.2, -0.15) is 0 Å². The number of carboxylic acids is 1. The molecular formula is C18H26O4. The van der Waals surface area contributed by atoms with Gasteiger partial charge in [0.05, 0.1) is 11.1 Å². The number of rotatable bonds is 9. The van der Waals surface area contributed by atoms with E-state index in [2.05, 4.69) is 20.8 Å². The smallest absolute Gasteiger partial charge is 0.339 e. The van der Waals surface area contributed by atoms with Gasteiger partial charge >= 0.3 is 11.9 Å². The Balaban J connectivity index is 2.93. The molecule has 0 radical (unpaired) electrons. The second-order valence-electron chi connectivity index (χ2n) is 5.51. The van der Waals surface area contributed by atoms with Crippen molar-refractivity contribution in [1.29, 1.82) is 0 Å². The Labute approximate surface area is 132 Å². The largest absolute Gasteiger partial charge is 0.478 e. The van der Waals surface area contributed by atoms with Crippen LogP contribution in [0.2, 0.25) is 0 Å². The molecule has 0 aromatic heterocycles. The van der Waals surface area contributed by atoms with Gasteiger partial charge in [0.25, 0.3) is 0 Å². The van der Waals surface area contributed by atoms with Gasteiger partial charge in [-0.3, -0.25) is 0 Å². The van der Waals surface area contributed by atoms with Crippen molar-refractivity contribution < 1.29 is 19.4 Å². The minimum Gasteiger partial charge on any atom is -0.478 e. The van der Waals surface area contributed by atoms with E-state index in [4.69, 9.17) is 4.74 Å². The summed E-state index contributed by atoms with van der Waals surface area (Å²) in [5.41, 5.74) is 0.119. The Morgan fingerprint density at radius 3 is 2.18 bits per heavy atom. The van der Waals surface area contributed by atoms with Crippen molar-refractivity contribution in [3.63, 3.8) is 0 Å². The van der Waals surface area contributed by atoms with Crippen LogP contribution in [0.25, 0.3) is 0 Å². The first-order valence-electron chi connectivity index (χ1n) is 8.08. The van der Waals surface area contributed by atoms with Gasteiger partial charge in [0.15, 0.2) is 0 Å². The van der Waals surface area contributed by atoms with Crippen LogP contribution in [0.1, 0.15) is 73.6 Å². The standard InChI is InChI=1S/C18H26O4/c1-4-7-12-16(13(5-2)6-3)22-18(21)15-11-9-8-10-14(15)17(19)20/h8-11,13,16H,4-7,12H2,1-3H3,(H,19,20). The number of aromatic carboxylic acids is 1. The average molecular weight is 306 g/mol. The van der Waals surface area contributed by atoms with E-state index < -0.39 is 11.9 Å². The predicted molar refractivity (Wildman–Crippen MR) is 86.2 cm³/mol. The summed E-state index contributed by atoms with van der Waals surface area (Å²) in [7, 11) is 0. The number of unbranched alkanes of at least 4 members (excludes halogenated alkanes) is 1. The van der Waals surface area contributed by atoms with E-state index in [1.807, 2.05) is 0 Å². The first-order valence-corrected chi connectivity index (χ1v) is 8.08. The fourth-order valence-corrected chi connectivity index (χ4v) is 2.66. The van der Waals surface area contributed by atoms with Gasteiger partial charge in [-0.05, 0) is 37.3 Å². The van der Waals surface area contributed by atoms with Gasteiger partial charge in [-0.15, -0.1) is 0 Å². The van der Waals surface area contributed by atoms with Gasteiger partial charge in [0.2, 0.25) is 0 Å². The van der Waals surface area contributed by atoms with E-state index in [9.17, 15) is 14.7 Å². The molecule has 0 saturated carbocycles. The highest BCUT2D eigenvalue weighted by atomic mass is 16.5. The number of hydrogen-bond donors (Lipinski definition) is 1. The van der Waals surface area contributed by atoms with Gasteiger partial charge < -0.3 is 9.84 Å². The third-order valence-corrected chi connectivity index (χ3v) is 4.05. The predicted octanol–water partition coefficient (Wildman–Crippen LogP) is 4.54. The molecule has 0 fully saturated rings. The first kappa shape index (κ1) is 18.2. The quantitative estimate of drug-likeness (QED) is 0.680. The molecule has 1 N–H and O–H groups in total. The van der Waals surface area contributed by atoms with Gasteiger partial charge in [-0.1, -0.05) is 45.7 Å². The molecule has 0 saturated heterocycles. The molecule has 0 amide bonds.